The number of amides is 2. The number of allylic oxidation sites excluding steroid dienone is 1. The van der Waals surface area contributed by atoms with Crippen LogP contribution in [0.15, 0.2) is 93.9 Å². The zero-order valence-corrected chi connectivity index (χ0v) is 21.4. The monoisotopic (exact) mass is 544 g/mol. The lowest BCUT2D eigenvalue weighted by Gasteiger charge is -2.25. The van der Waals surface area contributed by atoms with Crippen LogP contribution < -0.4 is 25.5 Å². The van der Waals surface area contributed by atoms with E-state index < -0.39 is 29.2 Å². The van der Waals surface area contributed by atoms with Crippen LogP contribution in [0.1, 0.15) is 24.1 Å². The van der Waals surface area contributed by atoms with Crippen LogP contribution in [0.2, 0.25) is 5.02 Å². The number of halogens is 2. The number of nitrogens with one attached hydrogen (secondary N) is 2. The molecule has 6 rings (SSSR count). The first kappa shape index (κ1) is 24.0. The average molecular weight is 545 g/mol. The van der Waals surface area contributed by atoms with Crippen LogP contribution in [0.5, 0.6) is 0 Å². The van der Waals surface area contributed by atoms with Gasteiger partial charge in [0.1, 0.15) is 10.3 Å². The fourth-order valence-electron chi connectivity index (χ4n) is 4.71. The summed E-state index contributed by atoms with van der Waals surface area (Å²) in [4.78, 5) is 45.4. The van der Waals surface area contributed by atoms with E-state index in [0.29, 0.717) is 38.0 Å². The number of nitrogens with zero attached hydrogens (tertiary/aromatic N) is 2. The predicted octanol–water partition coefficient (Wildman–Crippen LogP) is 3.99. The van der Waals surface area contributed by atoms with Crippen molar-refractivity contribution in [3.05, 3.63) is 126 Å². The SMILES string of the molecule is CC1=C(C(=O)Nc2ccccc2)[C@@H](c2ccc(F)cc2)n2c(s/c(=C3\C(=O)Nc4ccc(Cl)cc43)c2=O)=N1. The second-order valence-corrected chi connectivity index (χ2v) is 10.2. The van der Waals surface area contributed by atoms with Gasteiger partial charge in [-0.3, -0.25) is 19.0 Å². The number of aromatic nitrogens is 1. The molecule has 0 radical (unpaired) electrons. The van der Waals surface area contributed by atoms with E-state index in [1.807, 2.05) is 6.07 Å². The van der Waals surface area contributed by atoms with Crippen LogP contribution in [0.3, 0.4) is 0 Å². The molecule has 2 aliphatic heterocycles. The second kappa shape index (κ2) is 9.20. The molecule has 3 aromatic carbocycles. The number of hydrogen-bond donors (Lipinski definition) is 2. The highest BCUT2D eigenvalue weighted by molar-refractivity contribution is 7.07. The van der Waals surface area contributed by atoms with Crippen LogP contribution in [-0.4, -0.2) is 16.4 Å². The van der Waals surface area contributed by atoms with Crippen LogP contribution in [-0.2, 0) is 9.59 Å². The molecule has 0 saturated heterocycles. The summed E-state index contributed by atoms with van der Waals surface area (Å²) in [7, 11) is 0. The van der Waals surface area contributed by atoms with E-state index in [0.717, 1.165) is 11.3 Å². The van der Waals surface area contributed by atoms with E-state index in [2.05, 4.69) is 15.6 Å². The molecule has 10 heteroatoms. The Morgan fingerprint density at radius 3 is 2.55 bits per heavy atom. The number of para-hydroxylation sites is 1. The molecule has 2 amide bonds. The number of benzene rings is 3. The lowest BCUT2D eigenvalue weighted by molar-refractivity contribution is -0.113. The van der Waals surface area contributed by atoms with Gasteiger partial charge in [0.2, 0.25) is 0 Å². The zero-order valence-electron chi connectivity index (χ0n) is 19.8. The summed E-state index contributed by atoms with van der Waals surface area (Å²) in [5, 5.41) is 6.06. The Morgan fingerprint density at radius 1 is 1.08 bits per heavy atom. The molecule has 0 fully saturated rings. The Morgan fingerprint density at radius 2 is 1.82 bits per heavy atom. The Hall–Kier alpha value is -4.34. The van der Waals surface area contributed by atoms with Crippen molar-refractivity contribution < 1.29 is 14.0 Å². The molecule has 1 atom stereocenters. The van der Waals surface area contributed by atoms with Crippen molar-refractivity contribution in [2.45, 2.75) is 13.0 Å². The largest absolute Gasteiger partial charge is 0.322 e. The molecule has 0 unspecified atom stereocenters. The highest BCUT2D eigenvalue weighted by atomic mass is 35.5. The van der Waals surface area contributed by atoms with Gasteiger partial charge in [0, 0.05) is 22.0 Å². The van der Waals surface area contributed by atoms with E-state index in [-0.39, 0.29) is 15.7 Å². The number of rotatable bonds is 3. The summed E-state index contributed by atoms with van der Waals surface area (Å²) in [5.74, 6) is -1.32. The lowest BCUT2D eigenvalue weighted by atomic mass is 9.95. The molecule has 188 valence electrons. The minimum absolute atomic E-state index is 0.173. The van der Waals surface area contributed by atoms with Gasteiger partial charge in [-0.25, -0.2) is 9.38 Å². The van der Waals surface area contributed by atoms with E-state index in [1.165, 1.54) is 28.8 Å². The first-order chi connectivity index (χ1) is 18.3. The normalized spacial score (nSPS) is 17.4. The van der Waals surface area contributed by atoms with Gasteiger partial charge in [0.25, 0.3) is 17.4 Å². The highest BCUT2D eigenvalue weighted by Gasteiger charge is 2.34. The van der Waals surface area contributed by atoms with Gasteiger partial charge in [-0.05, 0) is 55.0 Å². The predicted molar refractivity (Wildman–Crippen MR) is 144 cm³/mol. The first-order valence-corrected chi connectivity index (χ1v) is 12.8. The Bertz CT molecular complexity index is 1860. The van der Waals surface area contributed by atoms with Crippen LogP contribution in [0.25, 0.3) is 5.57 Å². The lowest BCUT2D eigenvalue weighted by Crippen LogP contribution is -2.41. The van der Waals surface area contributed by atoms with Crippen LogP contribution >= 0.6 is 22.9 Å². The summed E-state index contributed by atoms with van der Waals surface area (Å²) < 4.78 is 15.4. The quantitative estimate of drug-likeness (QED) is 0.408. The smallest absolute Gasteiger partial charge is 0.271 e. The molecule has 0 aliphatic carbocycles. The maximum atomic E-state index is 14.0. The fourth-order valence-corrected chi connectivity index (χ4v) is 6.02. The molecule has 38 heavy (non-hydrogen) atoms. The van der Waals surface area contributed by atoms with Crippen molar-refractivity contribution in [3.8, 4) is 0 Å². The molecular weight excluding hydrogens is 527 g/mol. The van der Waals surface area contributed by atoms with Crippen molar-refractivity contribution in [2.75, 3.05) is 10.6 Å². The summed E-state index contributed by atoms with van der Waals surface area (Å²) >= 11 is 7.25. The standard InChI is InChI=1S/C28H18ClFN4O3S/c1-14-21(25(35)32-18-5-3-2-4-6-18)23(15-7-10-17(30)11-8-15)34-27(37)24(38-28(34)31-14)22-19-13-16(29)9-12-20(19)33-26(22)36/h2-13,23H,1H3,(H,32,35)(H,33,36)/b24-22-/t23-/m1/s1. The van der Waals surface area contributed by atoms with Crippen molar-refractivity contribution >= 4 is 51.7 Å². The van der Waals surface area contributed by atoms with Crippen molar-refractivity contribution in [3.63, 3.8) is 0 Å². The third kappa shape index (κ3) is 3.96. The number of fused-ring (bicyclic) bond motifs is 2. The van der Waals surface area contributed by atoms with E-state index >= 15 is 0 Å². The Labute approximate surface area is 224 Å². The van der Waals surface area contributed by atoms with Gasteiger partial charge < -0.3 is 10.6 Å². The molecular formula is C28H18ClFN4O3S. The van der Waals surface area contributed by atoms with Gasteiger partial charge in [-0.1, -0.05) is 53.3 Å². The van der Waals surface area contributed by atoms with Gasteiger partial charge in [0.05, 0.1) is 22.9 Å². The third-order valence-electron chi connectivity index (χ3n) is 6.41. The second-order valence-electron chi connectivity index (χ2n) is 8.79. The third-order valence-corrected chi connectivity index (χ3v) is 7.70. The molecule has 3 heterocycles. The summed E-state index contributed by atoms with van der Waals surface area (Å²) in [6, 6.07) is 18.6. The van der Waals surface area contributed by atoms with Crippen LogP contribution in [0.4, 0.5) is 15.8 Å². The molecule has 7 nitrogen and oxygen atoms in total. The van der Waals surface area contributed by atoms with Crippen molar-refractivity contribution in [2.24, 2.45) is 4.99 Å². The number of anilines is 2. The average Bonchev–Trinajstić information content (AvgIpc) is 3.38. The maximum Gasteiger partial charge on any atom is 0.271 e. The van der Waals surface area contributed by atoms with Gasteiger partial charge >= 0.3 is 0 Å². The van der Waals surface area contributed by atoms with Crippen molar-refractivity contribution in [1.82, 2.24) is 4.57 Å². The molecule has 4 aromatic rings. The topological polar surface area (TPSA) is 92.6 Å². The number of hydrogen-bond acceptors (Lipinski definition) is 5. The van der Waals surface area contributed by atoms with E-state index in [9.17, 15) is 18.8 Å². The van der Waals surface area contributed by atoms with Gasteiger partial charge in [-0.2, -0.15) is 0 Å². The van der Waals surface area contributed by atoms with E-state index in [1.54, 1.807) is 49.4 Å². The highest BCUT2D eigenvalue weighted by Crippen LogP contribution is 2.33. The Kier molecular flexibility index (Phi) is 5.81. The van der Waals surface area contributed by atoms with Crippen molar-refractivity contribution in [1.29, 1.82) is 0 Å². The minimum atomic E-state index is -0.895. The number of carbonyl (C=O) groups excluding carboxylic acids is 2. The minimum Gasteiger partial charge on any atom is -0.322 e. The summed E-state index contributed by atoms with van der Waals surface area (Å²) in [5.41, 5.74) is 2.52. The fraction of sp³-hybridized carbons (Fsp3) is 0.0714. The maximum absolute atomic E-state index is 14.0. The number of thiazole rings is 1. The molecule has 0 saturated carbocycles. The molecule has 0 spiro atoms. The van der Waals surface area contributed by atoms with Gasteiger partial charge in [0.15, 0.2) is 4.80 Å². The summed E-state index contributed by atoms with van der Waals surface area (Å²) in [6.45, 7) is 1.69. The Balaban J connectivity index is 1.59. The molecule has 1 aromatic heterocycles. The molecule has 0 bridgehead atoms. The van der Waals surface area contributed by atoms with E-state index in [4.69, 9.17) is 11.6 Å². The first-order valence-electron chi connectivity index (χ1n) is 11.6. The molecule has 2 aliphatic rings. The zero-order chi connectivity index (χ0) is 26.6. The number of carbonyl (C=O) groups is 2. The summed E-state index contributed by atoms with van der Waals surface area (Å²) in [6.07, 6.45) is 0. The van der Waals surface area contributed by atoms with Crippen LogP contribution in [0, 0.1) is 5.82 Å². The van der Waals surface area contributed by atoms with Gasteiger partial charge in [-0.15, -0.1) is 0 Å². The molecule has 2 N–H and O–H groups in total.